The van der Waals surface area contributed by atoms with Gasteiger partial charge in [-0.2, -0.15) is 0 Å². The molecule has 0 aliphatic heterocycles. The first-order valence-electron chi connectivity index (χ1n) is 12.1. The maximum absolute atomic E-state index is 6.24. The quantitative estimate of drug-likeness (QED) is 0.225. The Morgan fingerprint density at radius 1 is 0.643 bits per heavy atom. The highest BCUT2D eigenvalue weighted by molar-refractivity contribution is 8.77. The van der Waals surface area contributed by atoms with Crippen molar-refractivity contribution in [1.82, 2.24) is 0 Å². The summed E-state index contributed by atoms with van der Waals surface area (Å²) >= 11 is 0. The highest BCUT2D eigenvalue weighted by atomic mass is 33.1. The molecule has 0 aromatic rings. The first kappa shape index (κ1) is 25.3. The van der Waals surface area contributed by atoms with Crippen molar-refractivity contribution in [2.45, 2.75) is 125 Å². The van der Waals surface area contributed by atoms with Crippen LogP contribution >= 0.6 is 21.6 Å². The zero-order valence-corrected chi connectivity index (χ0v) is 22.9. The molecule has 0 aromatic carbocycles. The molecule has 2 aliphatic carbocycles. The molecule has 2 fully saturated rings. The van der Waals surface area contributed by atoms with Crippen LogP contribution in [0.1, 0.15) is 77.0 Å². The van der Waals surface area contributed by atoms with Gasteiger partial charge >= 0.3 is 0 Å². The van der Waals surface area contributed by atoms with E-state index < -0.39 is 17.6 Å². The van der Waals surface area contributed by atoms with Gasteiger partial charge in [0.15, 0.2) is 0 Å². The zero-order chi connectivity index (χ0) is 20.2. The van der Waals surface area contributed by atoms with Crippen LogP contribution < -0.4 is 0 Å². The van der Waals surface area contributed by atoms with E-state index >= 15 is 0 Å². The van der Waals surface area contributed by atoms with Crippen molar-refractivity contribution in [3.8, 4) is 0 Å². The monoisotopic (exact) mass is 462 g/mol. The Bertz CT molecular complexity index is 351. The van der Waals surface area contributed by atoms with Gasteiger partial charge in [0.25, 0.3) is 0 Å². The van der Waals surface area contributed by atoms with Crippen molar-refractivity contribution in [2.75, 3.05) is 13.2 Å². The van der Waals surface area contributed by atoms with Crippen LogP contribution in [0, 0.1) is 0 Å². The summed E-state index contributed by atoms with van der Waals surface area (Å²) < 4.78 is 12.5. The minimum atomic E-state index is -0.654. The van der Waals surface area contributed by atoms with Gasteiger partial charge in [-0.3, -0.25) is 0 Å². The van der Waals surface area contributed by atoms with E-state index in [-0.39, 0.29) is 0 Å². The van der Waals surface area contributed by atoms with E-state index in [1.165, 1.54) is 77.0 Å². The molecule has 0 spiro atoms. The minimum absolute atomic E-state index is 0.564. The molecule has 0 heterocycles. The van der Waals surface area contributed by atoms with Crippen molar-refractivity contribution in [3.63, 3.8) is 0 Å². The summed E-state index contributed by atoms with van der Waals surface area (Å²) in [4.78, 5) is 1.70. The molecule has 0 amide bonds. The van der Waals surface area contributed by atoms with Crippen LogP contribution in [-0.4, -0.2) is 52.8 Å². The maximum Gasteiger partial charge on any atom is 0.0575 e. The largest absolute Gasteiger partial charge is 0.378 e. The summed E-state index contributed by atoms with van der Waals surface area (Å²) in [5.74, 6) is 0. The average molecular weight is 463 g/mol. The highest BCUT2D eigenvalue weighted by Crippen LogP contribution is 2.37. The summed E-state index contributed by atoms with van der Waals surface area (Å²) in [7, 11) is 3.12. The fourth-order valence-corrected chi connectivity index (χ4v) is 14.9. The van der Waals surface area contributed by atoms with Crippen LogP contribution in [0.2, 0.25) is 26.2 Å². The molecule has 2 rings (SSSR count). The molecule has 6 heteroatoms. The van der Waals surface area contributed by atoms with Crippen LogP contribution in [0.3, 0.4) is 0 Å². The van der Waals surface area contributed by atoms with Gasteiger partial charge in [-0.25, -0.2) is 0 Å². The molecule has 0 saturated heterocycles. The number of ether oxygens (including phenoxy) is 2. The molecule has 2 nitrogen and oxygen atoms in total. The van der Waals surface area contributed by atoms with Gasteiger partial charge in [0.05, 0.1) is 12.2 Å². The molecule has 2 aliphatic rings. The molecule has 2 saturated carbocycles. The Kier molecular flexibility index (Phi) is 13.5. The van der Waals surface area contributed by atoms with E-state index in [1.807, 2.05) is 0 Å². The van der Waals surface area contributed by atoms with E-state index in [0.29, 0.717) is 12.2 Å². The topological polar surface area (TPSA) is 18.5 Å². The standard InChI is InChI=1S/C22H46O2S2Si2/c1-27(2)21(15-17-23-19-11-7-5-8-12-19)25-26-22(28(3)4)16-18-24-20-13-9-6-10-14-20/h19-22,27-28H,5-18H2,1-4H3. The average Bonchev–Trinajstić information content (AvgIpc) is 2.70. The van der Waals surface area contributed by atoms with Crippen molar-refractivity contribution in [1.29, 1.82) is 0 Å². The van der Waals surface area contributed by atoms with E-state index in [1.54, 1.807) is 0 Å². The first-order chi connectivity index (χ1) is 13.6. The smallest absolute Gasteiger partial charge is 0.0575 e. The van der Waals surface area contributed by atoms with Gasteiger partial charge in [0, 0.05) is 40.6 Å². The third-order valence-corrected chi connectivity index (χ3v) is 18.2. The zero-order valence-electron chi connectivity index (χ0n) is 19.0. The summed E-state index contributed by atoms with van der Waals surface area (Å²) in [6, 6.07) is 0. The van der Waals surface area contributed by atoms with Crippen LogP contribution in [0.25, 0.3) is 0 Å². The van der Waals surface area contributed by atoms with Crippen molar-refractivity contribution >= 4 is 39.2 Å². The SMILES string of the molecule is C[SiH](C)C(CCOC1CCCCC1)SSC(CCOC1CCCCC1)[SiH](C)C. The van der Waals surface area contributed by atoms with Crippen molar-refractivity contribution in [3.05, 3.63) is 0 Å². The van der Waals surface area contributed by atoms with Crippen LogP contribution in [0.15, 0.2) is 0 Å². The lowest BCUT2D eigenvalue weighted by atomic mass is 9.98. The maximum atomic E-state index is 6.24. The van der Waals surface area contributed by atoms with E-state index in [2.05, 4.69) is 47.8 Å². The molecule has 2 atom stereocenters. The molecular weight excluding hydrogens is 417 g/mol. The Labute approximate surface area is 186 Å². The molecule has 0 radical (unpaired) electrons. The Balaban J connectivity index is 1.65. The third-order valence-electron chi connectivity index (χ3n) is 6.41. The molecule has 28 heavy (non-hydrogen) atoms. The summed E-state index contributed by atoms with van der Waals surface area (Å²) in [5.41, 5.74) is 0. The van der Waals surface area contributed by atoms with Crippen LogP contribution in [0.5, 0.6) is 0 Å². The fraction of sp³-hybridized carbons (Fsp3) is 1.00. The molecule has 2 unspecified atom stereocenters. The minimum Gasteiger partial charge on any atom is -0.378 e. The van der Waals surface area contributed by atoms with Gasteiger partial charge < -0.3 is 9.47 Å². The molecule has 0 bridgehead atoms. The number of hydrogen-bond acceptors (Lipinski definition) is 4. The van der Waals surface area contributed by atoms with Gasteiger partial charge in [0.1, 0.15) is 0 Å². The lowest BCUT2D eigenvalue weighted by molar-refractivity contribution is 0.0282. The molecule has 166 valence electrons. The van der Waals surface area contributed by atoms with Gasteiger partial charge in [0.2, 0.25) is 0 Å². The molecular formula is C22H46O2S2Si2. The molecule has 0 N–H and O–H groups in total. The lowest BCUT2D eigenvalue weighted by Crippen LogP contribution is -2.27. The van der Waals surface area contributed by atoms with Crippen LogP contribution in [-0.2, 0) is 9.47 Å². The van der Waals surface area contributed by atoms with Crippen molar-refractivity contribution < 1.29 is 9.47 Å². The highest BCUT2D eigenvalue weighted by Gasteiger charge is 2.23. The second kappa shape index (κ2) is 15.0. The lowest BCUT2D eigenvalue weighted by Gasteiger charge is -2.27. The number of hydrogen-bond donors (Lipinski definition) is 0. The summed E-state index contributed by atoms with van der Waals surface area (Å²) in [6.07, 6.45) is 17.2. The van der Waals surface area contributed by atoms with Gasteiger partial charge in [-0.05, 0) is 38.5 Å². The summed E-state index contributed by atoms with van der Waals surface area (Å²) in [5, 5.41) is 0. The van der Waals surface area contributed by atoms with Gasteiger partial charge in [-0.1, -0.05) is 86.3 Å². The first-order valence-corrected chi connectivity index (χ1v) is 20.3. The predicted molar refractivity (Wildman–Crippen MR) is 135 cm³/mol. The van der Waals surface area contributed by atoms with E-state index in [9.17, 15) is 0 Å². The van der Waals surface area contributed by atoms with Crippen LogP contribution in [0.4, 0.5) is 0 Å². The predicted octanol–water partition coefficient (Wildman–Crippen LogP) is 6.64. The summed E-state index contributed by atoms with van der Waals surface area (Å²) in [6.45, 7) is 12.1. The Hall–Kier alpha value is 1.05. The Morgan fingerprint density at radius 3 is 1.32 bits per heavy atom. The van der Waals surface area contributed by atoms with Crippen molar-refractivity contribution in [2.24, 2.45) is 0 Å². The second-order valence-corrected chi connectivity index (χ2v) is 19.9. The molecule has 0 aromatic heterocycles. The normalized spacial score (nSPS) is 22.1. The third kappa shape index (κ3) is 10.4. The Morgan fingerprint density at radius 2 is 1.00 bits per heavy atom. The second-order valence-electron chi connectivity index (χ2n) is 9.60. The van der Waals surface area contributed by atoms with E-state index in [4.69, 9.17) is 9.47 Å². The fourth-order valence-electron chi connectivity index (χ4n) is 4.29. The van der Waals surface area contributed by atoms with Gasteiger partial charge in [-0.15, -0.1) is 0 Å². The number of rotatable bonds is 13. The van der Waals surface area contributed by atoms with E-state index in [0.717, 1.165) is 23.0 Å².